The van der Waals surface area contributed by atoms with E-state index in [0.29, 0.717) is 0 Å². The number of hydrogen-bond acceptors (Lipinski definition) is 1. The predicted octanol–water partition coefficient (Wildman–Crippen LogP) is 1.81. The van der Waals surface area contributed by atoms with E-state index >= 15 is 0 Å². The van der Waals surface area contributed by atoms with Gasteiger partial charge < -0.3 is 0 Å². The zero-order chi connectivity index (χ0) is 6.41. The van der Waals surface area contributed by atoms with E-state index in [1.165, 1.54) is 6.08 Å². The maximum absolute atomic E-state index is 8.08. The number of hydrogen-bond donors (Lipinski definition) is 0. The molecule has 0 bridgehead atoms. The van der Waals surface area contributed by atoms with Gasteiger partial charge in [-0.25, -0.2) is 0 Å². The third kappa shape index (κ3) is 1.99. The fourth-order valence-electron chi connectivity index (χ4n) is 0.276. The number of rotatable bonds is 2. The first-order chi connectivity index (χ1) is 3.85. The van der Waals surface area contributed by atoms with Gasteiger partial charge in [0.05, 0.1) is 6.07 Å². The lowest BCUT2D eigenvalue weighted by atomic mass is 10.2. The van der Waals surface area contributed by atoms with Crippen molar-refractivity contribution in [3.63, 3.8) is 0 Å². The van der Waals surface area contributed by atoms with E-state index in [0.717, 1.165) is 5.57 Å². The van der Waals surface area contributed by atoms with Gasteiger partial charge in [-0.15, -0.1) is 0 Å². The summed E-state index contributed by atoms with van der Waals surface area (Å²) in [5.41, 5.74) is 0.757. The molecule has 0 aromatic heterocycles. The Kier molecular flexibility index (Phi) is 3.26. The Bertz CT molecular complexity index is 148. The molecule has 0 fully saturated rings. The Morgan fingerprint density at radius 2 is 1.88 bits per heavy atom. The lowest BCUT2D eigenvalue weighted by Gasteiger charge is -1.80. The average Bonchev–Trinajstić information content (AvgIpc) is 1.83. The minimum absolute atomic E-state index is 0.757. The van der Waals surface area contributed by atoms with E-state index < -0.39 is 0 Å². The van der Waals surface area contributed by atoms with Crippen molar-refractivity contribution < 1.29 is 0 Å². The van der Waals surface area contributed by atoms with Crippen molar-refractivity contribution in [1.29, 1.82) is 5.26 Å². The van der Waals surface area contributed by atoms with Crippen molar-refractivity contribution in [3.05, 3.63) is 37.0 Å². The lowest BCUT2D eigenvalue weighted by Crippen LogP contribution is -1.63. The van der Waals surface area contributed by atoms with Crippen LogP contribution in [0.1, 0.15) is 0 Å². The molecule has 0 radical (unpaired) electrons. The van der Waals surface area contributed by atoms with Gasteiger partial charge in [-0.1, -0.05) is 25.3 Å². The Labute approximate surface area is 49.3 Å². The molecule has 0 aromatic rings. The molecule has 0 aliphatic rings. The molecule has 40 valence electrons. The van der Waals surface area contributed by atoms with E-state index in [1.54, 1.807) is 12.2 Å². The highest BCUT2D eigenvalue weighted by Gasteiger charge is 1.76. The average molecular weight is 105 g/mol. The van der Waals surface area contributed by atoms with Gasteiger partial charge in [0.15, 0.2) is 0 Å². The molecule has 8 heavy (non-hydrogen) atoms. The topological polar surface area (TPSA) is 23.8 Å². The van der Waals surface area contributed by atoms with Crippen LogP contribution in [0.2, 0.25) is 0 Å². The van der Waals surface area contributed by atoms with Crippen molar-refractivity contribution in [3.8, 4) is 6.07 Å². The molecule has 0 aromatic carbocycles. The fourth-order valence-corrected chi connectivity index (χ4v) is 0.276. The molecule has 0 amide bonds. The molecule has 0 rings (SSSR count). The fraction of sp³-hybridized carbons (Fsp3) is 0. The molecule has 0 N–H and O–H groups in total. The first kappa shape index (κ1) is 6.71. The summed E-state index contributed by atoms with van der Waals surface area (Å²) < 4.78 is 0. The highest BCUT2D eigenvalue weighted by Crippen LogP contribution is 1.92. The summed E-state index contributed by atoms with van der Waals surface area (Å²) >= 11 is 0. The summed E-state index contributed by atoms with van der Waals surface area (Å²) in [6.07, 6.45) is 4.55. The zero-order valence-corrected chi connectivity index (χ0v) is 4.59. The highest BCUT2D eigenvalue weighted by molar-refractivity contribution is 5.31. The standard InChI is InChI=1S/C7H7N/c1-3-7(4-2)5-6-8/h3-5H,1-2H2. The summed E-state index contributed by atoms with van der Waals surface area (Å²) in [7, 11) is 0. The van der Waals surface area contributed by atoms with E-state index in [2.05, 4.69) is 13.2 Å². The molecule has 0 aliphatic carbocycles. The van der Waals surface area contributed by atoms with Crippen molar-refractivity contribution in [2.45, 2.75) is 0 Å². The van der Waals surface area contributed by atoms with Crippen LogP contribution < -0.4 is 0 Å². The Balaban J connectivity index is 4.12. The number of allylic oxidation sites excluding steroid dienone is 4. The minimum Gasteiger partial charge on any atom is -0.193 e. The van der Waals surface area contributed by atoms with Crippen LogP contribution in [0, 0.1) is 11.3 Å². The molecular formula is C7H7N. The smallest absolute Gasteiger partial charge is 0.0918 e. The maximum Gasteiger partial charge on any atom is 0.0918 e. The summed E-state index contributed by atoms with van der Waals surface area (Å²) in [4.78, 5) is 0. The first-order valence-electron chi connectivity index (χ1n) is 2.19. The summed E-state index contributed by atoms with van der Waals surface area (Å²) in [5.74, 6) is 0. The molecule has 0 aliphatic heterocycles. The maximum atomic E-state index is 8.08. The number of nitriles is 1. The van der Waals surface area contributed by atoms with E-state index in [4.69, 9.17) is 5.26 Å². The second-order valence-corrected chi connectivity index (χ2v) is 1.18. The Morgan fingerprint density at radius 1 is 1.38 bits per heavy atom. The normalized spacial score (nSPS) is 6.38. The Hall–Kier alpha value is -1.29. The summed E-state index contributed by atoms with van der Waals surface area (Å²) in [5, 5.41) is 8.08. The van der Waals surface area contributed by atoms with Crippen LogP contribution in [0.5, 0.6) is 0 Å². The molecule has 0 spiro atoms. The minimum atomic E-state index is 0.757. The quantitative estimate of drug-likeness (QED) is 0.388. The van der Waals surface area contributed by atoms with Gasteiger partial charge in [0.1, 0.15) is 0 Å². The zero-order valence-electron chi connectivity index (χ0n) is 4.59. The molecule has 0 saturated heterocycles. The van der Waals surface area contributed by atoms with Gasteiger partial charge in [0.25, 0.3) is 0 Å². The monoisotopic (exact) mass is 105 g/mol. The van der Waals surface area contributed by atoms with Crippen LogP contribution in [0.25, 0.3) is 0 Å². The largest absolute Gasteiger partial charge is 0.193 e. The van der Waals surface area contributed by atoms with Crippen LogP contribution in [0.4, 0.5) is 0 Å². The van der Waals surface area contributed by atoms with Gasteiger partial charge in [0.2, 0.25) is 0 Å². The molecule has 0 saturated carbocycles. The van der Waals surface area contributed by atoms with Crippen LogP contribution in [-0.4, -0.2) is 0 Å². The lowest BCUT2D eigenvalue weighted by molar-refractivity contribution is 1.52. The van der Waals surface area contributed by atoms with Crippen molar-refractivity contribution in [2.24, 2.45) is 0 Å². The third-order valence-corrected chi connectivity index (χ3v) is 0.703. The van der Waals surface area contributed by atoms with E-state index in [1.807, 2.05) is 6.07 Å². The summed E-state index contributed by atoms with van der Waals surface area (Å²) in [6, 6.07) is 1.87. The van der Waals surface area contributed by atoms with Gasteiger partial charge in [0, 0.05) is 6.08 Å². The Morgan fingerprint density at radius 3 is 2.00 bits per heavy atom. The van der Waals surface area contributed by atoms with Crippen molar-refractivity contribution in [1.82, 2.24) is 0 Å². The van der Waals surface area contributed by atoms with E-state index in [-0.39, 0.29) is 0 Å². The van der Waals surface area contributed by atoms with E-state index in [9.17, 15) is 0 Å². The van der Waals surface area contributed by atoms with Gasteiger partial charge >= 0.3 is 0 Å². The molecule has 0 atom stereocenters. The first-order valence-corrected chi connectivity index (χ1v) is 2.19. The summed E-state index contributed by atoms with van der Waals surface area (Å²) in [6.45, 7) is 6.92. The van der Waals surface area contributed by atoms with Crippen LogP contribution in [0.3, 0.4) is 0 Å². The number of nitrogens with zero attached hydrogens (tertiary/aromatic N) is 1. The third-order valence-electron chi connectivity index (χ3n) is 0.703. The molecule has 1 heteroatoms. The van der Waals surface area contributed by atoms with Crippen LogP contribution in [0.15, 0.2) is 37.0 Å². The molecular weight excluding hydrogens is 98.1 g/mol. The molecule has 0 heterocycles. The molecule has 1 nitrogen and oxygen atoms in total. The van der Waals surface area contributed by atoms with Crippen LogP contribution in [-0.2, 0) is 0 Å². The van der Waals surface area contributed by atoms with Crippen molar-refractivity contribution >= 4 is 0 Å². The van der Waals surface area contributed by atoms with Gasteiger partial charge in [-0.05, 0) is 5.57 Å². The van der Waals surface area contributed by atoms with Gasteiger partial charge in [-0.2, -0.15) is 5.26 Å². The predicted molar refractivity (Wildman–Crippen MR) is 34.1 cm³/mol. The highest BCUT2D eigenvalue weighted by atomic mass is 14.2. The second-order valence-electron chi connectivity index (χ2n) is 1.18. The second kappa shape index (κ2) is 3.89. The SMILES string of the molecule is C=CC(C=C)=CC#N. The van der Waals surface area contributed by atoms with Crippen molar-refractivity contribution in [2.75, 3.05) is 0 Å². The van der Waals surface area contributed by atoms with Crippen LogP contribution >= 0.6 is 0 Å². The van der Waals surface area contributed by atoms with Gasteiger partial charge in [-0.3, -0.25) is 0 Å². The molecule has 0 unspecified atom stereocenters.